The summed E-state index contributed by atoms with van der Waals surface area (Å²) in [6.07, 6.45) is 6.51. The second-order valence-electron chi connectivity index (χ2n) is 9.63. The van der Waals surface area contributed by atoms with Crippen molar-refractivity contribution in [3.8, 4) is 0 Å². The number of nitrogens with zero attached hydrogens (tertiary/aromatic N) is 5. The molecule has 0 bridgehead atoms. The molecule has 0 spiro atoms. The van der Waals surface area contributed by atoms with Gasteiger partial charge in [-0.25, -0.2) is 4.68 Å². The van der Waals surface area contributed by atoms with E-state index in [1.165, 1.54) is 24.0 Å². The molecular weight excluding hydrogens is 436 g/mol. The number of H-pyrrole nitrogens is 1. The largest absolute Gasteiger partial charge is 0.322 e. The molecule has 1 saturated carbocycles. The van der Waals surface area contributed by atoms with Crippen molar-refractivity contribution in [1.82, 2.24) is 30.1 Å². The molecule has 5 rings (SSSR count). The van der Waals surface area contributed by atoms with Crippen molar-refractivity contribution in [2.45, 2.75) is 77.5 Å². The van der Waals surface area contributed by atoms with Gasteiger partial charge in [-0.2, -0.15) is 0 Å². The average molecular weight is 471 g/mol. The van der Waals surface area contributed by atoms with E-state index < -0.39 is 0 Å². The van der Waals surface area contributed by atoms with Crippen LogP contribution < -0.4 is 5.56 Å². The zero-order valence-corrected chi connectivity index (χ0v) is 20.7. The minimum Gasteiger partial charge on any atom is -0.322 e. The van der Waals surface area contributed by atoms with Crippen LogP contribution in [0.1, 0.15) is 80.6 Å². The molecule has 1 atom stereocenters. The van der Waals surface area contributed by atoms with Crippen LogP contribution in [0.25, 0.3) is 10.9 Å². The Hall–Kier alpha value is -3.32. The van der Waals surface area contributed by atoms with E-state index >= 15 is 0 Å². The molecule has 35 heavy (non-hydrogen) atoms. The zero-order valence-electron chi connectivity index (χ0n) is 20.7. The lowest BCUT2D eigenvalue weighted by atomic mass is 10.1. The number of tetrazole rings is 1. The number of aryl methyl sites for hydroxylation is 1. The molecule has 7 heteroatoms. The van der Waals surface area contributed by atoms with Gasteiger partial charge < -0.3 is 4.98 Å². The Bertz CT molecular complexity index is 1320. The first-order valence-corrected chi connectivity index (χ1v) is 12.9. The molecule has 1 aliphatic carbocycles. The fraction of sp³-hybridized carbons (Fsp3) is 0.429. The predicted octanol–water partition coefficient (Wildman–Crippen LogP) is 5.35. The van der Waals surface area contributed by atoms with Crippen LogP contribution in [0.2, 0.25) is 0 Å². The maximum absolute atomic E-state index is 13.1. The molecule has 1 unspecified atom stereocenters. The van der Waals surface area contributed by atoms with Gasteiger partial charge in [0.1, 0.15) is 0 Å². The van der Waals surface area contributed by atoms with Crippen LogP contribution in [0.5, 0.6) is 0 Å². The van der Waals surface area contributed by atoms with E-state index in [0.29, 0.717) is 19.1 Å². The Morgan fingerprint density at radius 2 is 1.83 bits per heavy atom. The van der Waals surface area contributed by atoms with Crippen molar-refractivity contribution in [2.24, 2.45) is 0 Å². The lowest BCUT2D eigenvalue weighted by molar-refractivity contribution is 0.158. The Morgan fingerprint density at radius 3 is 2.57 bits per heavy atom. The third-order valence-electron chi connectivity index (χ3n) is 7.31. The van der Waals surface area contributed by atoms with E-state index in [9.17, 15) is 4.79 Å². The van der Waals surface area contributed by atoms with E-state index in [-0.39, 0.29) is 11.6 Å². The predicted molar refractivity (Wildman–Crippen MR) is 138 cm³/mol. The van der Waals surface area contributed by atoms with Crippen LogP contribution in [0, 0.1) is 0 Å². The van der Waals surface area contributed by atoms with Crippen LogP contribution in [0.4, 0.5) is 0 Å². The number of pyridine rings is 1. The average Bonchev–Trinajstić information content (AvgIpc) is 3.58. The molecule has 2 heterocycles. The fourth-order valence-electron chi connectivity index (χ4n) is 5.38. The summed E-state index contributed by atoms with van der Waals surface area (Å²) in [6, 6.07) is 19.1. The number of hydrogen-bond acceptors (Lipinski definition) is 5. The molecule has 182 valence electrons. The second-order valence-corrected chi connectivity index (χ2v) is 9.63. The molecule has 0 amide bonds. The van der Waals surface area contributed by atoms with E-state index in [1.54, 1.807) is 0 Å². The molecule has 0 saturated heterocycles. The molecule has 7 nitrogen and oxygen atoms in total. The van der Waals surface area contributed by atoms with Crippen molar-refractivity contribution < 1.29 is 0 Å². The second kappa shape index (κ2) is 10.5. The molecule has 1 aliphatic rings. The number of rotatable bonds is 9. The number of fused-ring (bicyclic) bond motifs is 1. The van der Waals surface area contributed by atoms with E-state index in [1.807, 2.05) is 12.1 Å². The van der Waals surface area contributed by atoms with E-state index in [2.05, 4.69) is 86.4 Å². The molecule has 0 aliphatic heterocycles. The summed E-state index contributed by atoms with van der Waals surface area (Å²) in [5.74, 6) is 0.904. The summed E-state index contributed by atoms with van der Waals surface area (Å²) in [4.78, 5) is 18.6. The Balaban J connectivity index is 1.53. The maximum Gasteiger partial charge on any atom is 0.252 e. The Labute approximate surface area is 206 Å². The van der Waals surface area contributed by atoms with Crippen molar-refractivity contribution in [3.05, 3.63) is 87.5 Å². The highest BCUT2D eigenvalue weighted by molar-refractivity contribution is 5.79. The molecule has 1 N–H and O–H groups in total. The topological polar surface area (TPSA) is 79.7 Å². The molecule has 4 aromatic rings. The summed E-state index contributed by atoms with van der Waals surface area (Å²) < 4.78 is 2.05. The highest BCUT2D eigenvalue weighted by Crippen LogP contribution is 2.33. The van der Waals surface area contributed by atoms with Crippen molar-refractivity contribution in [3.63, 3.8) is 0 Å². The van der Waals surface area contributed by atoms with Gasteiger partial charge in [0, 0.05) is 24.2 Å². The summed E-state index contributed by atoms with van der Waals surface area (Å²) in [5, 5.41) is 14.1. The van der Waals surface area contributed by atoms with E-state index in [0.717, 1.165) is 48.0 Å². The van der Waals surface area contributed by atoms with Gasteiger partial charge in [-0.15, -0.1) is 5.10 Å². The fourth-order valence-corrected chi connectivity index (χ4v) is 5.38. The standard InChI is InChI=1S/C28H34N6O/c1-3-20-14-15-25-22(16-20)17-23(28(35)29-25)19-33(18-21-10-6-5-7-11-21)26(4-2)27-30-31-32-34(27)24-12-8-9-13-24/h5-7,10-11,14-17,24,26H,3-4,8-9,12-13,18-19H2,1-2H3,(H,29,35). The van der Waals surface area contributed by atoms with Crippen LogP contribution in [-0.4, -0.2) is 30.1 Å². The van der Waals surface area contributed by atoms with E-state index in [4.69, 9.17) is 0 Å². The van der Waals surface area contributed by atoms with Gasteiger partial charge in [-0.05, 0) is 70.8 Å². The quantitative estimate of drug-likeness (QED) is 0.357. The van der Waals surface area contributed by atoms with Gasteiger partial charge in [0.2, 0.25) is 0 Å². The first-order valence-electron chi connectivity index (χ1n) is 12.9. The minimum atomic E-state index is -0.0370. The molecule has 1 fully saturated rings. The van der Waals surface area contributed by atoms with Gasteiger partial charge >= 0.3 is 0 Å². The number of hydrogen-bond donors (Lipinski definition) is 1. The highest BCUT2D eigenvalue weighted by atomic mass is 16.1. The summed E-state index contributed by atoms with van der Waals surface area (Å²) in [6.45, 7) is 5.56. The van der Waals surface area contributed by atoms with Gasteiger partial charge in [0.25, 0.3) is 5.56 Å². The monoisotopic (exact) mass is 470 g/mol. The number of aromatic nitrogens is 5. The smallest absolute Gasteiger partial charge is 0.252 e. The minimum absolute atomic E-state index is 0.00267. The first-order chi connectivity index (χ1) is 17.2. The summed E-state index contributed by atoms with van der Waals surface area (Å²) >= 11 is 0. The van der Waals surface area contributed by atoms with Gasteiger partial charge in [-0.3, -0.25) is 9.69 Å². The first kappa shape index (κ1) is 23.4. The highest BCUT2D eigenvalue weighted by Gasteiger charge is 2.29. The van der Waals surface area contributed by atoms with Crippen LogP contribution in [0.3, 0.4) is 0 Å². The van der Waals surface area contributed by atoms with Crippen LogP contribution in [0.15, 0.2) is 59.4 Å². The number of benzene rings is 2. The normalized spacial score (nSPS) is 15.3. The molecule has 0 radical (unpaired) electrons. The number of aromatic amines is 1. The maximum atomic E-state index is 13.1. The lowest BCUT2D eigenvalue weighted by Gasteiger charge is -2.31. The summed E-state index contributed by atoms with van der Waals surface area (Å²) in [7, 11) is 0. The zero-order chi connectivity index (χ0) is 24.2. The van der Waals surface area contributed by atoms with Gasteiger partial charge in [0.15, 0.2) is 5.82 Å². The third-order valence-corrected chi connectivity index (χ3v) is 7.31. The Morgan fingerprint density at radius 1 is 1.03 bits per heavy atom. The molecule has 2 aromatic carbocycles. The van der Waals surface area contributed by atoms with Crippen molar-refractivity contribution in [1.29, 1.82) is 0 Å². The SMILES string of the molecule is CCc1ccc2[nH]c(=O)c(CN(Cc3ccccc3)C(CC)c3nnnn3C3CCCC3)cc2c1. The van der Waals surface area contributed by atoms with Crippen molar-refractivity contribution in [2.75, 3.05) is 0 Å². The molecular formula is C28H34N6O. The number of nitrogens with one attached hydrogen (secondary N) is 1. The Kier molecular flexibility index (Phi) is 7.04. The van der Waals surface area contributed by atoms with Gasteiger partial charge in [0.05, 0.1) is 12.1 Å². The van der Waals surface area contributed by atoms with Crippen LogP contribution >= 0.6 is 0 Å². The molecule has 2 aromatic heterocycles. The van der Waals surface area contributed by atoms with Gasteiger partial charge in [-0.1, -0.05) is 63.1 Å². The third kappa shape index (κ3) is 5.05. The lowest BCUT2D eigenvalue weighted by Crippen LogP contribution is -2.32. The van der Waals surface area contributed by atoms with Crippen molar-refractivity contribution >= 4 is 10.9 Å². The summed E-state index contributed by atoms with van der Waals surface area (Å²) in [5.41, 5.74) is 4.07. The van der Waals surface area contributed by atoms with Crippen LogP contribution in [-0.2, 0) is 19.5 Å².